The Bertz CT molecular complexity index is 612. The zero-order valence-electron chi connectivity index (χ0n) is 12.8. The van der Waals surface area contributed by atoms with Gasteiger partial charge in [0.1, 0.15) is 5.82 Å². The summed E-state index contributed by atoms with van der Waals surface area (Å²) in [4.78, 5) is 0.105. The lowest BCUT2D eigenvalue weighted by Gasteiger charge is -2.23. The number of benzene rings is 1. The fourth-order valence-corrected chi connectivity index (χ4v) is 4.55. The summed E-state index contributed by atoms with van der Waals surface area (Å²) >= 11 is 0. The van der Waals surface area contributed by atoms with Crippen LogP contribution in [0.15, 0.2) is 17.0 Å². The van der Waals surface area contributed by atoms with Crippen LogP contribution >= 0.6 is 0 Å². The van der Waals surface area contributed by atoms with E-state index in [1.54, 1.807) is 13.1 Å². The average Bonchev–Trinajstić information content (AvgIpc) is 3.24. The molecule has 0 unspecified atom stereocenters. The first-order valence-corrected chi connectivity index (χ1v) is 8.81. The van der Waals surface area contributed by atoms with E-state index in [4.69, 9.17) is 0 Å². The maximum atomic E-state index is 14.0. The number of halogens is 1. The van der Waals surface area contributed by atoms with Crippen LogP contribution in [0.3, 0.4) is 0 Å². The van der Waals surface area contributed by atoms with Gasteiger partial charge in [0.25, 0.3) is 0 Å². The monoisotopic (exact) mass is 314 g/mol. The summed E-state index contributed by atoms with van der Waals surface area (Å²) in [6.07, 6.45) is 2.56. The molecule has 0 bridgehead atoms. The van der Waals surface area contributed by atoms with Crippen LogP contribution < -0.4 is 5.32 Å². The molecule has 21 heavy (non-hydrogen) atoms. The fraction of sp³-hybridized carbons (Fsp3) is 0.600. The number of rotatable bonds is 7. The third kappa shape index (κ3) is 3.44. The third-order valence-electron chi connectivity index (χ3n) is 3.72. The van der Waals surface area contributed by atoms with E-state index >= 15 is 0 Å². The van der Waals surface area contributed by atoms with Gasteiger partial charge >= 0.3 is 0 Å². The molecule has 0 atom stereocenters. The van der Waals surface area contributed by atoms with Crippen molar-refractivity contribution in [3.05, 3.63) is 29.1 Å². The van der Waals surface area contributed by atoms with Crippen molar-refractivity contribution < 1.29 is 12.8 Å². The molecule has 118 valence electrons. The Labute approximate surface area is 126 Å². The molecular formula is C15H23FN2O2S. The van der Waals surface area contributed by atoms with E-state index < -0.39 is 15.8 Å². The molecule has 0 spiro atoms. The van der Waals surface area contributed by atoms with Gasteiger partial charge in [-0.25, -0.2) is 12.8 Å². The molecule has 2 rings (SSSR count). The zero-order chi connectivity index (χ0) is 15.6. The summed E-state index contributed by atoms with van der Waals surface area (Å²) in [5.74, 6) is -0.464. The normalized spacial score (nSPS) is 15.7. The third-order valence-corrected chi connectivity index (χ3v) is 5.80. The van der Waals surface area contributed by atoms with Gasteiger partial charge in [-0.15, -0.1) is 0 Å². The van der Waals surface area contributed by atoms with E-state index in [9.17, 15) is 12.8 Å². The van der Waals surface area contributed by atoms with E-state index in [-0.39, 0.29) is 16.5 Å². The second-order valence-corrected chi connectivity index (χ2v) is 7.44. The molecule has 0 amide bonds. The van der Waals surface area contributed by atoms with Gasteiger partial charge in [0.2, 0.25) is 10.0 Å². The highest BCUT2D eigenvalue weighted by molar-refractivity contribution is 7.89. The summed E-state index contributed by atoms with van der Waals surface area (Å²) in [6.45, 7) is 4.42. The Morgan fingerprint density at radius 1 is 1.38 bits per heavy atom. The first-order valence-electron chi connectivity index (χ1n) is 7.37. The molecular weight excluding hydrogens is 291 g/mol. The first kappa shape index (κ1) is 16.4. The summed E-state index contributed by atoms with van der Waals surface area (Å²) in [5, 5.41) is 2.92. The maximum Gasteiger partial charge on any atom is 0.243 e. The SMILES string of the molecule is CCCN(C1CC1)S(=O)(=O)c1cc(CNC)cc(F)c1C. The summed E-state index contributed by atoms with van der Waals surface area (Å²) in [6, 6.07) is 3.08. The van der Waals surface area contributed by atoms with Crippen LogP contribution in [0.2, 0.25) is 0 Å². The smallest absolute Gasteiger partial charge is 0.243 e. The summed E-state index contributed by atoms with van der Waals surface area (Å²) in [7, 11) is -1.88. The van der Waals surface area contributed by atoms with Crippen molar-refractivity contribution in [1.29, 1.82) is 0 Å². The molecule has 0 radical (unpaired) electrons. The Morgan fingerprint density at radius 2 is 2.05 bits per heavy atom. The predicted molar refractivity (Wildman–Crippen MR) is 81.1 cm³/mol. The fourth-order valence-electron chi connectivity index (χ4n) is 2.49. The van der Waals surface area contributed by atoms with E-state index in [0.717, 1.165) is 19.3 Å². The first-order chi connectivity index (χ1) is 9.91. The second-order valence-electron chi connectivity index (χ2n) is 5.58. The number of nitrogens with one attached hydrogen (secondary N) is 1. The van der Waals surface area contributed by atoms with Gasteiger partial charge in [-0.05, 0) is 50.9 Å². The van der Waals surface area contributed by atoms with Gasteiger partial charge in [-0.1, -0.05) is 6.92 Å². The van der Waals surface area contributed by atoms with Crippen molar-refractivity contribution in [2.24, 2.45) is 0 Å². The molecule has 0 heterocycles. The second kappa shape index (κ2) is 6.42. The van der Waals surface area contributed by atoms with Crippen LogP contribution in [-0.2, 0) is 16.6 Å². The van der Waals surface area contributed by atoms with Crippen molar-refractivity contribution in [3.8, 4) is 0 Å². The van der Waals surface area contributed by atoms with Crippen molar-refractivity contribution in [1.82, 2.24) is 9.62 Å². The Morgan fingerprint density at radius 3 is 2.57 bits per heavy atom. The minimum absolute atomic E-state index is 0.0883. The highest BCUT2D eigenvalue weighted by Gasteiger charge is 2.38. The lowest BCUT2D eigenvalue weighted by molar-refractivity contribution is 0.402. The van der Waals surface area contributed by atoms with Crippen LogP contribution in [0, 0.1) is 12.7 Å². The van der Waals surface area contributed by atoms with Crippen LogP contribution in [0.1, 0.15) is 37.3 Å². The molecule has 0 saturated heterocycles. The van der Waals surface area contributed by atoms with Crippen LogP contribution in [0.25, 0.3) is 0 Å². The lowest BCUT2D eigenvalue weighted by Crippen LogP contribution is -2.34. The van der Waals surface area contributed by atoms with Gasteiger partial charge < -0.3 is 5.32 Å². The summed E-state index contributed by atoms with van der Waals surface area (Å²) in [5.41, 5.74) is 0.850. The van der Waals surface area contributed by atoms with Crippen molar-refractivity contribution in [3.63, 3.8) is 0 Å². The van der Waals surface area contributed by atoms with Gasteiger partial charge in [-0.2, -0.15) is 4.31 Å². The molecule has 1 aliphatic carbocycles. The van der Waals surface area contributed by atoms with Crippen LogP contribution in [0.4, 0.5) is 4.39 Å². The number of sulfonamides is 1. The molecule has 4 nitrogen and oxygen atoms in total. The van der Waals surface area contributed by atoms with E-state index in [2.05, 4.69) is 5.32 Å². The van der Waals surface area contributed by atoms with Crippen LogP contribution in [0.5, 0.6) is 0 Å². The summed E-state index contributed by atoms with van der Waals surface area (Å²) < 4.78 is 41.3. The van der Waals surface area contributed by atoms with Gasteiger partial charge in [0, 0.05) is 24.7 Å². The average molecular weight is 314 g/mol. The Hall–Kier alpha value is -0.980. The largest absolute Gasteiger partial charge is 0.316 e. The van der Waals surface area contributed by atoms with Gasteiger partial charge in [0.05, 0.1) is 4.90 Å². The maximum absolute atomic E-state index is 14.0. The van der Waals surface area contributed by atoms with Crippen molar-refractivity contribution in [2.75, 3.05) is 13.6 Å². The van der Waals surface area contributed by atoms with E-state index in [1.165, 1.54) is 17.3 Å². The molecule has 0 aliphatic heterocycles. The topological polar surface area (TPSA) is 49.4 Å². The number of hydrogen-bond acceptors (Lipinski definition) is 3. The molecule has 1 fully saturated rings. The Kier molecular flexibility index (Phi) is 5.01. The quantitative estimate of drug-likeness (QED) is 0.841. The highest BCUT2D eigenvalue weighted by atomic mass is 32.2. The predicted octanol–water partition coefficient (Wildman–Crippen LogP) is 2.42. The molecule has 1 aliphatic rings. The standard InChI is InChI=1S/C15H23FN2O2S/c1-4-7-18(13-5-6-13)21(19,20)15-9-12(10-17-3)8-14(16)11(15)2/h8-9,13,17H,4-7,10H2,1-3H3. The molecule has 1 N–H and O–H groups in total. The molecule has 1 aromatic rings. The Balaban J connectivity index is 2.47. The van der Waals surface area contributed by atoms with E-state index in [0.29, 0.717) is 18.7 Å². The molecule has 1 aromatic carbocycles. The van der Waals surface area contributed by atoms with Crippen LogP contribution in [-0.4, -0.2) is 32.4 Å². The highest BCUT2D eigenvalue weighted by Crippen LogP contribution is 2.33. The number of hydrogen-bond donors (Lipinski definition) is 1. The minimum atomic E-state index is -3.63. The van der Waals surface area contributed by atoms with Crippen molar-refractivity contribution >= 4 is 10.0 Å². The molecule has 6 heteroatoms. The van der Waals surface area contributed by atoms with Gasteiger partial charge in [-0.3, -0.25) is 0 Å². The van der Waals surface area contributed by atoms with Crippen molar-refractivity contribution in [2.45, 2.75) is 50.6 Å². The minimum Gasteiger partial charge on any atom is -0.316 e. The van der Waals surface area contributed by atoms with E-state index in [1.807, 2.05) is 6.92 Å². The molecule has 1 saturated carbocycles. The number of nitrogens with zero attached hydrogens (tertiary/aromatic N) is 1. The lowest BCUT2D eigenvalue weighted by atomic mass is 10.1. The van der Waals surface area contributed by atoms with Gasteiger partial charge in [0.15, 0.2) is 0 Å². The molecule has 0 aromatic heterocycles. The zero-order valence-corrected chi connectivity index (χ0v) is 13.6.